The quantitative estimate of drug-likeness (QED) is 0.738. The van der Waals surface area contributed by atoms with Crippen LogP contribution in [0.4, 0.5) is 11.5 Å². The van der Waals surface area contributed by atoms with Gasteiger partial charge in [0.05, 0.1) is 22.9 Å². The predicted octanol–water partition coefficient (Wildman–Crippen LogP) is 2.91. The van der Waals surface area contributed by atoms with Gasteiger partial charge in [-0.1, -0.05) is 0 Å². The summed E-state index contributed by atoms with van der Waals surface area (Å²) < 4.78 is 7.33. The van der Waals surface area contributed by atoms with Crippen molar-refractivity contribution in [1.82, 2.24) is 24.7 Å². The number of H-pyrrole nitrogens is 1. The van der Waals surface area contributed by atoms with Gasteiger partial charge in [-0.3, -0.25) is 9.48 Å². The number of aromatic nitrogens is 5. The maximum atomic E-state index is 12.4. The summed E-state index contributed by atoms with van der Waals surface area (Å²) in [6.45, 7) is 7.67. The Kier molecular flexibility index (Phi) is 4.43. The van der Waals surface area contributed by atoms with Gasteiger partial charge in [0.15, 0.2) is 0 Å². The molecule has 0 bridgehead atoms. The number of nitrogens with zero attached hydrogens (tertiary/aromatic N) is 4. The molecule has 1 saturated heterocycles. The minimum absolute atomic E-state index is 0.127. The van der Waals surface area contributed by atoms with Crippen LogP contribution in [0.15, 0.2) is 29.5 Å². The van der Waals surface area contributed by atoms with E-state index in [1.165, 1.54) is 0 Å². The van der Waals surface area contributed by atoms with E-state index in [4.69, 9.17) is 9.72 Å². The Hall–Kier alpha value is -2.74. The van der Waals surface area contributed by atoms with Crippen molar-refractivity contribution in [3.8, 4) is 0 Å². The first-order valence-electron chi connectivity index (χ1n) is 9.21. The standard InChI is InChI=1S/C19H24N6O2/c1-19(2,3)25-11-13(10-21-25)22-17-15-14(4-7-20-18(15)26)23-16(24-17)12-5-8-27-9-6-12/h4,7,10-12H,5-6,8-9H2,1-3H3,(H,20,26)(H,22,23,24). The van der Waals surface area contributed by atoms with Crippen molar-refractivity contribution in [1.29, 1.82) is 0 Å². The first kappa shape index (κ1) is 17.7. The summed E-state index contributed by atoms with van der Waals surface area (Å²) >= 11 is 0. The molecule has 4 rings (SSSR count). The Morgan fingerprint density at radius 3 is 2.74 bits per heavy atom. The lowest BCUT2D eigenvalue weighted by Crippen LogP contribution is -2.21. The average molecular weight is 368 g/mol. The molecule has 8 nitrogen and oxygen atoms in total. The first-order chi connectivity index (χ1) is 12.9. The zero-order chi connectivity index (χ0) is 19.0. The van der Waals surface area contributed by atoms with E-state index < -0.39 is 0 Å². The molecule has 0 amide bonds. The van der Waals surface area contributed by atoms with Crippen LogP contribution in [-0.2, 0) is 10.3 Å². The van der Waals surface area contributed by atoms with Gasteiger partial charge in [-0.05, 0) is 39.7 Å². The number of hydrogen-bond donors (Lipinski definition) is 2. The van der Waals surface area contributed by atoms with E-state index in [2.05, 4.69) is 41.2 Å². The molecule has 4 heterocycles. The number of fused-ring (bicyclic) bond motifs is 1. The van der Waals surface area contributed by atoms with Crippen molar-refractivity contribution >= 4 is 22.4 Å². The molecule has 0 aromatic carbocycles. The third-order valence-corrected chi connectivity index (χ3v) is 4.76. The smallest absolute Gasteiger partial charge is 0.261 e. The van der Waals surface area contributed by atoms with Crippen LogP contribution >= 0.6 is 0 Å². The van der Waals surface area contributed by atoms with Gasteiger partial charge in [0.25, 0.3) is 5.56 Å². The van der Waals surface area contributed by atoms with Crippen LogP contribution in [-0.4, -0.2) is 37.9 Å². The first-order valence-corrected chi connectivity index (χ1v) is 9.21. The van der Waals surface area contributed by atoms with E-state index >= 15 is 0 Å². The molecule has 1 aliphatic rings. The van der Waals surface area contributed by atoms with Crippen LogP contribution in [0.2, 0.25) is 0 Å². The fraction of sp³-hybridized carbons (Fsp3) is 0.474. The Labute approximate surface area is 157 Å². The van der Waals surface area contributed by atoms with Gasteiger partial charge in [0.1, 0.15) is 17.0 Å². The lowest BCUT2D eigenvalue weighted by molar-refractivity contribution is 0.0837. The highest BCUT2D eigenvalue weighted by Crippen LogP contribution is 2.29. The number of anilines is 2. The Balaban J connectivity index is 1.77. The second kappa shape index (κ2) is 6.77. The molecular weight excluding hydrogens is 344 g/mol. The molecule has 0 atom stereocenters. The van der Waals surface area contributed by atoms with Gasteiger partial charge in [0.2, 0.25) is 0 Å². The summed E-state index contributed by atoms with van der Waals surface area (Å²) in [7, 11) is 0. The lowest BCUT2D eigenvalue weighted by atomic mass is 9.99. The summed E-state index contributed by atoms with van der Waals surface area (Å²) in [4.78, 5) is 24.5. The van der Waals surface area contributed by atoms with Crippen LogP contribution in [0, 0.1) is 0 Å². The summed E-state index contributed by atoms with van der Waals surface area (Å²) in [6.07, 6.45) is 7.04. The van der Waals surface area contributed by atoms with Crippen LogP contribution in [0.1, 0.15) is 45.4 Å². The number of nitrogens with one attached hydrogen (secondary N) is 2. The number of ether oxygens (including phenoxy) is 1. The van der Waals surface area contributed by atoms with Crippen LogP contribution in [0.25, 0.3) is 10.9 Å². The van der Waals surface area contributed by atoms with Crippen LogP contribution in [0.3, 0.4) is 0 Å². The molecule has 2 N–H and O–H groups in total. The van der Waals surface area contributed by atoms with Crippen molar-refractivity contribution in [2.24, 2.45) is 0 Å². The molecule has 0 spiro atoms. The lowest BCUT2D eigenvalue weighted by Gasteiger charge is -2.21. The van der Waals surface area contributed by atoms with E-state index in [0.29, 0.717) is 29.9 Å². The molecule has 142 valence electrons. The SMILES string of the molecule is CC(C)(C)n1cc(Nc2nc(C3CCOCC3)nc3cc[nH]c(=O)c23)cn1. The van der Waals surface area contributed by atoms with Crippen molar-refractivity contribution in [2.45, 2.75) is 45.1 Å². The van der Waals surface area contributed by atoms with E-state index in [1.807, 2.05) is 16.9 Å². The molecule has 0 saturated carbocycles. The summed E-state index contributed by atoms with van der Waals surface area (Å²) in [5, 5.41) is 8.14. The third-order valence-electron chi connectivity index (χ3n) is 4.76. The molecule has 27 heavy (non-hydrogen) atoms. The fourth-order valence-electron chi connectivity index (χ4n) is 3.23. The second-order valence-electron chi connectivity index (χ2n) is 7.85. The Bertz CT molecular complexity index is 1010. The van der Waals surface area contributed by atoms with Gasteiger partial charge in [-0.15, -0.1) is 0 Å². The molecule has 1 aliphatic heterocycles. The molecule has 0 radical (unpaired) electrons. The largest absolute Gasteiger partial charge is 0.381 e. The number of hydrogen-bond acceptors (Lipinski definition) is 6. The molecule has 0 aliphatic carbocycles. The average Bonchev–Trinajstić information content (AvgIpc) is 3.11. The Morgan fingerprint density at radius 1 is 1.26 bits per heavy atom. The van der Waals surface area contributed by atoms with E-state index in [-0.39, 0.29) is 17.0 Å². The number of pyridine rings is 1. The van der Waals surface area contributed by atoms with Gasteiger partial charge in [-0.2, -0.15) is 5.10 Å². The van der Waals surface area contributed by atoms with Gasteiger partial charge < -0.3 is 15.0 Å². The van der Waals surface area contributed by atoms with Gasteiger partial charge >= 0.3 is 0 Å². The molecule has 8 heteroatoms. The van der Waals surface area contributed by atoms with E-state index in [0.717, 1.165) is 24.4 Å². The van der Waals surface area contributed by atoms with E-state index in [9.17, 15) is 4.79 Å². The van der Waals surface area contributed by atoms with Crippen molar-refractivity contribution in [3.05, 3.63) is 40.8 Å². The minimum Gasteiger partial charge on any atom is -0.381 e. The molecule has 3 aromatic heterocycles. The predicted molar refractivity (Wildman–Crippen MR) is 103 cm³/mol. The molecule has 0 unspecified atom stereocenters. The zero-order valence-corrected chi connectivity index (χ0v) is 15.8. The van der Waals surface area contributed by atoms with Gasteiger partial charge in [-0.25, -0.2) is 9.97 Å². The third kappa shape index (κ3) is 3.57. The summed E-state index contributed by atoms with van der Waals surface area (Å²) in [5.74, 6) is 1.50. The van der Waals surface area contributed by atoms with Crippen molar-refractivity contribution < 1.29 is 4.74 Å². The molecular formula is C19H24N6O2. The van der Waals surface area contributed by atoms with E-state index in [1.54, 1.807) is 12.4 Å². The normalized spacial score (nSPS) is 16.0. The highest BCUT2D eigenvalue weighted by Gasteiger charge is 2.22. The van der Waals surface area contributed by atoms with Crippen molar-refractivity contribution in [3.63, 3.8) is 0 Å². The molecule has 3 aromatic rings. The van der Waals surface area contributed by atoms with Crippen molar-refractivity contribution in [2.75, 3.05) is 18.5 Å². The number of aromatic amines is 1. The molecule has 1 fully saturated rings. The topological polar surface area (TPSA) is 97.7 Å². The number of rotatable bonds is 3. The maximum Gasteiger partial charge on any atom is 0.261 e. The monoisotopic (exact) mass is 368 g/mol. The second-order valence-corrected chi connectivity index (χ2v) is 7.85. The summed E-state index contributed by atoms with van der Waals surface area (Å²) in [6, 6.07) is 1.81. The Morgan fingerprint density at radius 2 is 2.04 bits per heavy atom. The van der Waals surface area contributed by atoms with Gasteiger partial charge in [0, 0.05) is 31.5 Å². The summed E-state index contributed by atoms with van der Waals surface area (Å²) in [5.41, 5.74) is 1.09. The van der Waals surface area contributed by atoms with Crippen LogP contribution in [0.5, 0.6) is 0 Å². The fourth-order valence-corrected chi connectivity index (χ4v) is 3.23. The minimum atomic E-state index is -0.211. The maximum absolute atomic E-state index is 12.4. The highest BCUT2D eigenvalue weighted by molar-refractivity contribution is 5.89. The highest BCUT2D eigenvalue weighted by atomic mass is 16.5. The zero-order valence-electron chi connectivity index (χ0n) is 15.8. The van der Waals surface area contributed by atoms with Crippen LogP contribution < -0.4 is 10.9 Å².